The number of likely N-dealkylation sites (N-methyl/N-ethyl adjacent to an activating group) is 1. The van der Waals surface area contributed by atoms with Gasteiger partial charge in [0, 0.05) is 11.8 Å². The second kappa shape index (κ2) is 8.20. The number of quaternary nitrogens is 1. The maximum Gasteiger partial charge on any atom is 0.295 e. The summed E-state index contributed by atoms with van der Waals surface area (Å²) in [6.45, 7) is 4.48. The number of nitrogens with zero attached hydrogens (tertiary/aromatic N) is 3. The smallest absolute Gasteiger partial charge is 0.295 e. The Labute approximate surface area is 185 Å². The van der Waals surface area contributed by atoms with Crippen LogP contribution in [0.1, 0.15) is 28.6 Å². The first kappa shape index (κ1) is 21.7. The van der Waals surface area contributed by atoms with Crippen LogP contribution >= 0.6 is 0 Å². The minimum Gasteiger partial charge on any atom is -0.871 e. The van der Waals surface area contributed by atoms with Crippen molar-refractivity contribution in [1.29, 1.82) is 0 Å². The van der Waals surface area contributed by atoms with Crippen LogP contribution in [0, 0.1) is 19.7 Å². The van der Waals surface area contributed by atoms with E-state index in [2.05, 4.69) is 4.98 Å². The molecule has 1 fully saturated rings. The van der Waals surface area contributed by atoms with Crippen LogP contribution in [0.2, 0.25) is 0 Å². The number of benzene rings is 1. The van der Waals surface area contributed by atoms with Gasteiger partial charge in [-0.25, -0.2) is 9.37 Å². The van der Waals surface area contributed by atoms with Gasteiger partial charge in [0.2, 0.25) is 5.78 Å². The molecule has 1 aliphatic heterocycles. The van der Waals surface area contributed by atoms with E-state index in [0.717, 1.165) is 10.5 Å². The third-order valence-corrected chi connectivity index (χ3v) is 5.80. The molecule has 3 aromatic rings. The second-order valence-corrected chi connectivity index (χ2v) is 8.41. The minimum atomic E-state index is -0.878. The fraction of sp³-hybridized carbons (Fsp3) is 0.292. The molecule has 0 spiro atoms. The SMILES string of the molecule is Cc1nc2c(C)cccn2c1C([O-])=C1C(=O)C(=O)N(CC[NH+](C)C)C1c1ccc(F)cc1. The van der Waals surface area contributed by atoms with Gasteiger partial charge in [0.15, 0.2) is 0 Å². The monoisotopic (exact) mass is 436 g/mol. The van der Waals surface area contributed by atoms with Gasteiger partial charge in [-0.05, 0) is 43.2 Å². The summed E-state index contributed by atoms with van der Waals surface area (Å²) in [4.78, 5) is 33.1. The minimum absolute atomic E-state index is 0.123. The van der Waals surface area contributed by atoms with Gasteiger partial charge in [0.25, 0.3) is 5.91 Å². The van der Waals surface area contributed by atoms with Gasteiger partial charge in [-0.2, -0.15) is 0 Å². The van der Waals surface area contributed by atoms with Crippen LogP contribution in [0.4, 0.5) is 4.39 Å². The maximum atomic E-state index is 13.8. The van der Waals surface area contributed by atoms with Crippen LogP contribution in [0.25, 0.3) is 11.4 Å². The third-order valence-electron chi connectivity index (χ3n) is 5.80. The number of aromatic nitrogens is 2. The van der Waals surface area contributed by atoms with Crippen molar-refractivity contribution in [3.8, 4) is 0 Å². The zero-order chi connectivity index (χ0) is 23.2. The normalized spacial score (nSPS) is 18.3. The molecule has 1 aromatic carbocycles. The number of halogens is 1. The number of carbonyl (C=O) groups excluding carboxylic acids is 2. The van der Waals surface area contributed by atoms with Crippen molar-refractivity contribution in [3.63, 3.8) is 0 Å². The second-order valence-electron chi connectivity index (χ2n) is 8.41. The lowest BCUT2D eigenvalue weighted by molar-refractivity contribution is -0.857. The number of hydrogen-bond donors (Lipinski definition) is 1. The third kappa shape index (κ3) is 3.56. The van der Waals surface area contributed by atoms with E-state index < -0.39 is 29.3 Å². The van der Waals surface area contributed by atoms with Gasteiger partial charge in [0.05, 0.1) is 44.6 Å². The molecule has 1 N–H and O–H groups in total. The maximum absolute atomic E-state index is 13.8. The Bertz CT molecular complexity index is 1240. The zero-order valence-corrected chi connectivity index (χ0v) is 18.5. The molecular weight excluding hydrogens is 411 g/mol. The first-order valence-electron chi connectivity index (χ1n) is 10.5. The first-order valence-corrected chi connectivity index (χ1v) is 10.5. The average Bonchev–Trinajstić information content (AvgIpc) is 3.21. The topological polar surface area (TPSA) is 82.2 Å². The number of fused-ring (bicyclic) bond motifs is 1. The molecular formula is C24H25FN4O3. The van der Waals surface area contributed by atoms with E-state index >= 15 is 0 Å². The standard InChI is InChI=1S/C24H25FN4O3/c1-14-6-5-11-28-19(15(2)26-23(14)28)21(30)18-20(16-7-9-17(25)10-8-16)29(13-12-27(3)4)24(32)22(18)31/h5-11,20,30H,12-13H2,1-4H3. The molecule has 8 heteroatoms. The largest absolute Gasteiger partial charge is 0.871 e. The number of rotatable bonds is 5. The fourth-order valence-corrected chi connectivity index (χ4v) is 4.16. The molecule has 32 heavy (non-hydrogen) atoms. The van der Waals surface area contributed by atoms with Crippen molar-refractivity contribution in [2.75, 3.05) is 27.2 Å². The van der Waals surface area contributed by atoms with Crippen LogP contribution in [0.5, 0.6) is 0 Å². The molecule has 7 nitrogen and oxygen atoms in total. The van der Waals surface area contributed by atoms with Crippen molar-refractivity contribution < 1.29 is 24.0 Å². The molecule has 0 bridgehead atoms. The number of pyridine rings is 1. The van der Waals surface area contributed by atoms with Gasteiger partial charge < -0.3 is 19.3 Å². The molecule has 166 valence electrons. The Morgan fingerprint density at radius 2 is 1.84 bits per heavy atom. The highest BCUT2D eigenvalue weighted by molar-refractivity contribution is 6.46. The van der Waals surface area contributed by atoms with E-state index in [1.54, 1.807) is 23.6 Å². The van der Waals surface area contributed by atoms with E-state index in [-0.39, 0.29) is 17.8 Å². The summed E-state index contributed by atoms with van der Waals surface area (Å²) >= 11 is 0. The summed E-state index contributed by atoms with van der Waals surface area (Å²) in [6, 6.07) is 8.37. The summed E-state index contributed by atoms with van der Waals surface area (Å²) < 4.78 is 15.2. The molecule has 0 saturated carbocycles. The molecule has 1 unspecified atom stereocenters. The van der Waals surface area contributed by atoms with Crippen molar-refractivity contribution in [3.05, 3.63) is 76.5 Å². The van der Waals surface area contributed by atoms with Crippen LogP contribution in [-0.2, 0) is 9.59 Å². The van der Waals surface area contributed by atoms with Crippen LogP contribution in [-0.4, -0.2) is 53.2 Å². The number of Topliss-reactive ketones (excluding diaryl/α,β-unsaturated/α-hetero) is 1. The van der Waals surface area contributed by atoms with E-state index in [4.69, 9.17) is 0 Å². The van der Waals surface area contributed by atoms with Crippen molar-refractivity contribution in [1.82, 2.24) is 14.3 Å². The fourth-order valence-electron chi connectivity index (χ4n) is 4.16. The first-order chi connectivity index (χ1) is 15.2. The van der Waals surface area contributed by atoms with Gasteiger partial charge in [-0.1, -0.05) is 24.0 Å². The summed E-state index contributed by atoms with van der Waals surface area (Å²) in [5, 5.41) is 13.8. The Hall–Kier alpha value is -3.52. The van der Waals surface area contributed by atoms with Gasteiger partial charge >= 0.3 is 0 Å². The zero-order valence-electron chi connectivity index (χ0n) is 18.5. The number of ketones is 1. The number of nitrogens with one attached hydrogen (secondary N) is 1. The number of likely N-dealkylation sites (tertiary alicyclic amines) is 1. The lowest BCUT2D eigenvalue weighted by Gasteiger charge is -2.27. The highest BCUT2D eigenvalue weighted by Crippen LogP contribution is 2.39. The number of amides is 1. The van der Waals surface area contributed by atoms with E-state index in [9.17, 15) is 19.1 Å². The lowest BCUT2D eigenvalue weighted by Crippen LogP contribution is -3.06. The van der Waals surface area contributed by atoms with Crippen LogP contribution < -0.4 is 10.0 Å². The summed E-state index contributed by atoms with van der Waals surface area (Å²) in [7, 11) is 3.88. The molecule has 1 amide bonds. The van der Waals surface area contributed by atoms with Crippen LogP contribution in [0.3, 0.4) is 0 Å². The Balaban J connectivity index is 1.94. The molecule has 0 radical (unpaired) electrons. The molecule has 0 aliphatic carbocycles. The van der Waals surface area contributed by atoms with Crippen molar-refractivity contribution in [2.45, 2.75) is 19.9 Å². The average molecular weight is 436 g/mol. The highest BCUT2D eigenvalue weighted by atomic mass is 19.1. The molecule has 3 heterocycles. The van der Waals surface area contributed by atoms with Crippen LogP contribution in [0.15, 0.2) is 48.2 Å². The Kier molecular flexibility index (Phi) is 5.56. The van der Waals surface area contributed by atoms with Gasteiger partial charge in [-0.3, -0.25) is 9.59 Å². The van der Waals surface area contributed by atoms with E-state index in [1.807, 2.05) is 27.1 Å². The van der Waals surface area contributed by atoms with Crippen molar-refractivity contribution in [2.24, 2.45) is 0 Å². The number of aryl methyl sites for hydroxylation is 2. The molecule has 2 aromatic heterocycles. The summed E-state index contributed by atoms with van der Waals surface area (Å²) in [5.74, 6) is -2.51. The number of imidazole rings is 1. The molecule has 1 saturated heterocycles. The quantitative estimate of drug-likeness (QED) is 0.358. The van der Waals surface area contributed by atoms with Crippen molar-refractivity contribution >= 4 is 23.1 Å². The Morgan fingerprint density at radius 3 is 2.50 bits per heavy atom. The molecule has 1 aliphatic rings. The predicted molar refractivity (Wildman–Crippen MR) is 115 cm³/mol. The molecule has 4 rings (SSSR count). The summed E-state index contributed by atoms with van der Waals surface area (Å²) in [5.41, 5.74) is 2.64. The predicted octanol–water partition coefficient (Wildman–Crippen LogP) is 0.459. The Morgan fingerprint density at radius 1 is 1.16 bits per heavy atom. The number of hydrogen-bond acceptors (Lipinski definition) is 4. The van der Waals surface area contributed by atoms with Gasteiger partial charge in [0.1, 0.15) is 11.5 Å². The number of carbonyl (C=O) groups is 2. The lowest BCUT2D eigenvalue weighted by atomic mass is 9.96. The summed E-state index contributed by atoms with van der Waals surface area (Å²) in [6.07, 6.45) is 1.72. The van der Waals surface area contributed by atoms with E-state index in [0.29, 0.717) is 23.4 Å². The highest BCUT2D eigenvalue weighted by Gasteiger charge is 2.44. The van der Waals surface area contributed by atoms with Gasteiger partial charge in [-0.15, -0.1) is 0 Å². The van der Waals surface area contributed by atoms with E-state index in [1.165, 1.54) is 29.2 Å². The molecule has 1 atom stereocenters.